The van der Waals surface area contributed by atoms with E-state index >= 15 is 0 Å². The van der Waals surface area contributed by atoms with Crippen molar-refractivity contribution >= 4 is 5.78 Å². The molecule has 0 bridgehead atoms. The molecule has 2 nitrogen and oxygen atoms in total. The summed E-state index contributed by atoms with van der Waals surface area (Å²) >= 11 is 0. The van der Waals surface area contributed by atoms with Gasteiger partial charge in [0.25, 0.3) is 0 Å². The van der Waals surface area contributed by atoms with Crippen molar-refractivity contribution in [3.05, 3.63) is 47.5 Å². The first-order valence-corrected chi connectivity index (χ1v) is 5.59. The van der Waals surface area contributed by atoms with Crippen molar-refractivity contribution in [2.24, 2.45) is 0 Å². The second-order valence-electron chi connectivity index (χ2n) is 4.28. The van der Waals surface area contributed by atoms with Crippen LogP contribution in [0.25, 0.3) is 0 Å². The number of allylic oxidation sites excluding steroid dienone is 1. The van der Waals surface area contributed by atoms with Gasteiger partial charge in [-0.1, -0.05) is 35.9 Å². The number of hydrogen-bond donors (Lipinski definition) is 0. The van der Waals surface area contributed by atoms with Crippen LogP contribution in [0.3, 0.4) is 0 Å². The second kappa shape index (κ2) is 5.08. The standard InChI is InChI=1S/C14H16O2/c1-11-7-13(15)9-14(8-11)16-10-12-5-3-2-4-6-12/h2-7,14H,8-10H2,1H3. The molecule has 0 aromatic heterocycles. The van der Waals surface area contributed by atoms with Crippen LogP contribution >= 0.6 is 0 Å². The summed E-state index contributed by atoms with van der Waals surface area (Å²) in [4.78, 5) is 11.3. The van der Waals surface area contributed by atoms with E-state index in [0.29, 0.717) is 13.0 Å². The third-order valence-electron chi connectivity index (χ3n) is 2.71. The maximum absolute atomic E-state index is 11.3. The van der Waals surface area contributed by atoms with Gasteiger partial charge in [0.15, 0.2) is 5.78 Å². The molecule has 2 heteroatoms. The molecule has 1 aromatic rings. The van der Waals surface area contributed by atoms with Crippen LogP contribution in [-0.4, -0.2) is 11.9 Å². The summed E-state index contributed by atoms with van der Waals surface area (Å²) in [5, 5.41) is 0. The van der Waals surface area contributed by atoms with Gasteiger partial charge in [-0.05, 0) is 25.0 Å². The summed E-state index contributed by atoms with van der Waals surface area (Å²) in [7, 11) is 0. The number of carbonyl (C=O) groups is 1. The van der Waals surface area contributed by atoms with Crippen molar-refractivity contribution in [3.63, 3.8) is 0 Å². The Bertz CT molecular complexity index is 392. The SMILES string of the molecule is CC1=CC(=O)CC(OCc2ccccc2)C1. The van der Waals surface area contributed by atoms with Gasteiger partial charge in [0.05, 0.1) is 12.7 Å². The van der Waals surface area contributed by atoms with Crippen LogP contribution < -0.4 is 0 Å². The molecule has 0 radical (unpaired) electrons. The lowest BCUT2D eigenvalue weighted by Gasteiger charge is -2.20. The molecule has 1 unspecified atom stereocenters. The summed E-state index contributed by atoms with van der Waals surface area (Å²) in [6, 6.07) is 10.0. The van der Waals surface area contributed by atoms with Crippen LogP contribution in [-0.2, 0) is 16.1 Å². The van der Waals surface area contributed by atoms with Gasteiger partial charge in [0.2, 0.25) is 0 Å². The molecular weight excluding hydrogens is 200 g/mol. The van der Waals surface area contributed by atoms with Crippen LogP contribution in [0.5, 0.6) is 0 Å². The molecule has 1 aliphatic rings. The lowest BCUT2D eigenvalue weighted by atomic mass is 9.97. The predicted molar refractivity (Wildman–Crippen MR) is 63.0 cm³/mol. The summed E-state index contributed by atoms with van der Waals surface area (Å²) in [6.07, 6.45) is 3.17. The van der Waals surface area contributed by atoms with Gasteiger partial charge in [-0.25, -0.2) is 0 Å². The molecule has 1 atom stereocenters. The first kappa shape index (κ1) is 11.1. The molecule has 0 fully saturated rings. The summed E-state index contributed by atoms with van der Waals surface area (Å²) < 4.78 is 5.75. The van der Waals surface area contributed by atoms with Gasteiger partial charge in [0.1, 0.15) is 0 Å². The lowest BCUT2D eigenvalue weighted by molar-refractivity contribution is -0.118. The smallest absolute Gasteiger partial charge is 0.158 e. The Kier molecular flexibility index (Phi) is 3.52. The normalized spacial score (nSPS) is 20.7. The van der Waals surface area contributed by atoms with Gasteiger partial charge >= 0.3 is 0 Å². The molecule has 0 N–H and O–H groups in total. The highest BCUT2D eigenvalue weighted by molar-refractivity contribution is 5.91. The minimum atomic E-state index is 0.0534. The zero-order valence-electron chi connectivity index (χ0n) is 9.48. The third kappa shape index (κ3) is 3.04. The van der Waals surface area contributed by atoms with E-state index < -0.39 is 0 Å². The quantitative estimate of drug-likeness (QED) is 0.776. The Morgan fingerprint density at radius 2 is 2.00 bits per heavy atom. The van der Waals surface area contributed by atoms with Crippen LogP contribution in [0.4, 0.5) is 0 Å². The fraction of sp³-hybridized carbons (Fsp3) is 0.357. The third-order valence-corrected chi connectivity index (χ3v) is 2.71. The summed E-state index contributed by atoms with van der Waals surface area (Å²) in [6.45, 7) is 2.57. The zero-order chi connectivity index (χ0) is 11.4. The van der Waals surface area contributed by atoms with E-state index in [1.807, 2.05) is 37.3 Å². The second-order valence-corrected chi connectivity index (χ2v) is 4.28. The van der Waals surface area contributed by atoms with Gasteiger partial charge in [-0.15, -0.1) is 0 Å². The topological polar surface area (TPSA) is 26.3 Å². The van der Waals surface area contributed by atoms with Crippen molar-refractivity contribution < 1.29 is 9.53 Å². The van der Waals surface area contributed by atoms with Crippen LogP contribution in [0.15, 0.2) is 42.0 Å². The predicted octanol–water partition coefficient (Wildman–Crippen LogP) is 2.88. The van der Waals surface area contributed by atoms with Crippen molar-refractivity contribution in [3.8, 4) is 0 Å². The highest BCUT2D eigenvalue weighted by atomic mass is 16.5. The summed E-state index contributed by atoms with van der Waals surface area (Å²) in [5.74, 6) is 0.182. The Balaban J connectivity index is 1.88. The van der Waals surface area contributed by atoms with E-state index in [9.17, 15) is 4.79 Å². The largest absolute Gasteiger partial charge is 0.373 e. The van der Waals surface area contributed by atoms with Gasteiger partial charge in [0, 0.05) is 6.42 Å². The van der Waals surface area contributed by atoms with Crippen molar-refractivity contribution in [1.29, 1.82) is 0 Å². The Hall–Kier alpha value is -1.41. The van der Waals surface area contributed by atoms with Crippen molar-refractivity contribution in [2.75, 3.05) is 0 Å². The van der Waals surface area contributed by atoms with E-state index in [0.717, 1.165) is 17.6 Å². The molecule has 2 rings (SSSR count). The highest BCUT2D eigenvalue weighted by Crippen LogP contribution is 2.19. The first-order valence-electron chi connectivity index (χ1n) is 5.59. The number of hydrogen-bond acceptors (Lipinski definition) is 2. The van der Waals surface area contributed by atoms with E-state index in [4.69, 9.17) is 4.74 Å². The maximum atomic E-state index is 11.3. The Morgan fingerprint density at radius 1 is 1.25 bits per heavy atom. The van der Waals surface area contributed by atoms with E-state index in [1.165, 1.54) is 0 Å². The van der Waals surface area contributed by atoms with E-state index in [-0.39, 0.29) is 11.9 Å². The molecule has 84 valence electrons. The molecule has 0 aliphatic heterocycles. The highest BCUT2D eigenvalue weighted by Gasteiger charge is 2.18. The van der Waals surface area contributed by atoms with E-state index in [2.05, 4.69) is 0 Å². The molecule has 0 heterocycles. The number of ketones is 1. The van der Waals surface area contributed by atoms with Gasteiger partial charge in [-0.3, -0.25) is 4.79 Å². The van der Waals surface area contributed by atoms with Crippen molar-refractivity contribution in [2.45, 2.75) is 32.5 Å². The molecule has 0 saturated heterocycles. The Labute approximate surface area is 95.9 Å². The molecule has 1 aromatic carbocycles. The van der Waals surface area contributed by atoms with E-state index in [1.54, 1.807) is 6.08 Å². The van der Waals surface area contributed by atoms with Crippen molar-refractivity contribution in [1.82, 2.24) is 0 Å². The van der Waals surface area contributed by atoms with Crippen LogP contribution in [0, 0.1) is 0 Å². The monoisotopic (exact) mass is 216 g/mol. The molecule has 0 saturated carbocycles. The van der Waals surface area contributed by atoms with Gasteiger partial charge in [-0.2, -0.15) is 0 Å². The number of rotatable bonds is 3. The minimum Gasteiger partial charge on any atom is -0.373 e. The summed E-state index contributed by atoms with van der Waals surface area (Å²) in [5.41, 5.74) is 2.27. The molecule has 0 amide bonds. The maximum Gasteiger partial charge on any atom is 0.158 e. The van der Waals surface area contributed by atoms with Crippen LogP contribution in [0.2, 0.25) is 0 Å². The Morgan fingerprint density at radius 3 is 2.69 bits per heavy atom. The fourth-order valence-electron chi connectivity index (χ4n) is 1.95. The molecule has 16 heavy (non-hydrogen) atoms. The molecule has 0 spiro atoms. The minimum absolute atomic E-state index is 0.0534. The van der Waals surface area contributed by atoms with Crippen LogP contribution in [0.1, 0.15) is 25.3 Å². The first-order chi connectivity index (χ1) is 7.74. The number of benzene rings is 1. The number of carbonyl (C=O) groups excluding carboxylic acids is 1. The zero-order valence-corrected chi connectivity index (χ0v) is 9.48. The average molecular weight is 216 g/mol. The van der Waals surface area contributed by atoms with Gasteiger partial charge < -0.3 is 4.74 Å². The molecule has 1 aliphatic carbocycles. The lowest BCUT2D eigenvalue weighted by Crippen LogP contribution is -2.21. The number of ether oxygens (including phenoxy) is 1. The molecular formula is C14H16O2. The fourth-order valence-corrected chi connectivity index (χ4v) is 1.95. The average Bonchev–Trinajstić information content (AvgIpc) is 2.27.